The van der Waals surface area contributed by atoms with Crippen molar-refractivity contribution in [1.29, 1.82) is 0 Å². The second kappa shape index (κ2) is 12.8. The number of rotatable bonds is 8. The second-order valence-electron chi connectivity index (χ2n) is 10.6. The molecule has 4 aromatic carbocycles. The molecule has 2 amide bonds. The van der Waals surface area contributed by atoms with Crippen LogP contribution in [0, 0.1) is 0 Å². The van der Waals surface area contributed by atoms with Crippen LogP contribution in [-0.4, -0.2) is 40.7 Å². The lowest BCUT2D eigenvalue weighted by Gasteiger charge is -2.39. The molecule has 2 atom stereocenters. The average Bonchev–Trinajstić information content (AvgIpc) is 3.55. The predicted octanol–water partition coefficient (Wildman–Crippen LogP) is 7.22. The minimum Gasteiger partial charge on any atom is -0.445 e. The fourth-order valence-electron chi connectivity index (χ4n) is 5.72. The first-order valence-electron chi connectivity index (χ1n) is 14.5. The van der Waals surface area contributed by atoms with E-state index in [-0.39, 0.29) is 12.5 Å². The van der Waals surface area contributed by atoms with Crippen LogP contribution < -0.4 is 9.05 Å². The minimum atomic E-state index is -3.98. The summed E-state index contributed by atoms with van der Waals surface area (Å²) in [5.41, 5.74) is 2.59. The quantitative estimate of drug-likeness (QED) is 0.200. The highest BCUT2D eigenvalue weighted by molar-refractivity contribution is 7.55. The maximum absolute atomic E-state index is 14.7. The Balaban J connectivity index is 1.31. The molecule has 6 rings (SSSR count). The monoisotopic (exact) mass is 596 g/mol. The molecule has 0 spiro atoms. The van der Waals surface area contributed by atoms with Gasteiger partial charge in [-0.25, -0.2) is 9.36 Å². The summed E-state index contributed by atoms with van der Waals surface area (Å²) in [6.45, 7) is 0.768. The number of para-hydroxylation sites is 2. The van der Waals surface area contributed by atoms with E-state index in [4.69, 9.17) is 13.8 Å². The number of hydrogen-bond donors (Lipinski definition) is 0. The number of likely N-dealkylation sites (tertiary alicyclic amines) is 1. The Bertz CT molecular complexity index is 1560. The first kappa shape index (κ1) is 28.6. The van der Waals surface area contributed by atoms with Gasteiger partial charge in [0, 0.05) is 13.1 Å². The third-order valence-corrected chi connectivity index (χ3v) is 9.98. The second-order valence-corrected chi connectivity index (χ2v) is 12.6. The summed E-state index contributed by atoms with van der Waals surface area (Å²) in [5, 5.41) is 0. The molecule has 2 aliphatic heterocycles. The van der Waals surface area contributed by atoms with E-state index in [0.717, 1.165) is 16.7 Å². The van der Waals surface area contributed by atoms with E-state index < -0.39 is 25.5 Å². The topological polar surface area (TPSA) is 85.4 Å². The Kier molecular flexibility index (Phi) is 8.47. The molecule has 0 aliphatic carbocycles. The molecule has 1 fully saturated rings. The van der Waals surface area contributed by atoms with Crippen LogP contribution in [0.3, 0.4) is 0 Å². The van der Waals surface area contributed by atoms with Gasteiger partial charge in [-0.2, -0.15) is 0 Å². The fraction of sp³-hybridized carbons (Fsp3) is 0.235. The number of carbonyl (C=O) groups is 2. The number of nitrogens with zero attached hydrogens (tertiary/aromatic N) is 2. The van der Waals surface area contributed by atoms with Crippen molar-refractivity contribution < 1.29 is 27.9 Å². The average molecular weight is 597 g/mol. The lowest BCUT2D eigenvalue weighted by molar-refractivity contribution is -0.137. The maximum atomic E-state index is 14.7. The van der Waals surface area contributed by atoms with Crippen LogP contribution in [0.25, 0.3) is 0 Å². The Hall–Kier alpha value is -4.55. The van der Waals surface area contributed by atoms with Gasteiger partial charge in [-0.3, -0.25) is 9.69 Å². The van der Waals surface area contributed by atoms with Crippen molar-refractivity contribution in [2.24, 2.45) is 0 Å². The summed E-state index contributed by atoms with van der Waals surface area (Å²) < 4.78 is 32.7. The molecular formula is C34H33N2O6P. The van der Waals surface area contributed by atoms with Crippen molar-refractivity contribution in [3.05, 3.63) is 132 Å². The maximum Gasteiger partial charge on any atom is 0.453 e. The van der Waals surface area contributed by atoms with Crippen LogP contribution in [0.15, 0.2) is 115 Å². The van der Waals surface area contributed by atoms with E-state index in [1.807, 2.05) is 66.7 Å². The molecule has 220 valence electrons. The highest BCUT2D eigenvalue weighted by Crippen LogP contribution is 2.57. The lowest BCUT2D eigenvalue weighted by atomic mass is 9.92. The summed E-state index contributed by atoms with van der Waals surface area (Å²) in [6.07, 6.45) is 1.06. The largest absolute Gasteiger partial charge is 0.453 e. The number of hydrogen-bond acceptors (Lipinski definition) is 6. The van der Waals surface area contributed by atoms with Gasteiger partial charge < -0.3 is 18.7 Å². The number of carbonyl (C=O) groups excluding carboxylic acids is 2. The Morgan fingerprint density at radius 2 is 1.30 bits per heavy atom. The molecule has 9 heteroatoms. The van der Waals surface area contributed by atoms with Crippen molar-refractivity contribution in [2.75, 3.05) is 13.1 Å². The molecule has 0 radical (unpaired) electrons. The van der Waals surface area contributed by atoms with Crippen LogP contribution in [0.5, 0.6) is 11.5 Å². The van der Waals surface area contributed by atoms with Gasteiger partial charge in [0.2, 0.25) is 0 Å². The zero-order chi connectivity index (χ0) is 29.6. The van der Waals surface area contributed by atoms with E-state index >= 15 is 0 Å². The van der Waals surface area contributed by atoms with Crippen LogP contribution in [0.2, 0.25) is 0 Å². The molecular weight excluding hydrogens is 563 g/mol. The van der Waals surface area contributed by atoms with Crippen LogP contribution in [0.4, 0.5) is 4.79 Å². The number of fused-ring (bicyclic) bond motifs is 1. The Morgan fingerprint density at radius 3 is 1.95 bits per heavy atom. The van der Waals surface area contributed by atoms with E-state index in [2.05, 4.69) is 0 Å². The zero-order valence-corrected chi connectivity index (χ0v) is 24.6. The van der Waals surface area contributed by atoms with Crippen LogP contribution >= 0.6 is 7.60 Å². The van der Waals surface area contributed by atoms with Gasteiger partial charge in [0.05, 0.1) is 0 Å². The van der Waals surface area contributed by atoms with E-state index in [1.54, 1.807) is 53.4 Å². The normalized spacial score (nSPS) is 18.0. The third-order valence-electron chi connectivity index (χ3n) is 7.78. The van der Waals surface area contributed by atoms with Crippen molar-refractivity contribution >= 4 is 19.6 Å². The first-order chi connectivity index (χ1) is 21.0. The minimum absolute atomic E-state index is 0.0934. The zero-order valence-electron chi connectivity index (χ0n) is 23.7. The molecule has 1 saturated heterocycles. The predicted molar refractivity (Wildman–Crippen MR) is 163 cm³/mol. The van der Waals surface area contributed by atoms with Gasteiger partial charge in [0.25, 0.3) is 5.91 Å². The summed E-state index contributed by atoms with van der Waals surface area (Å²) in [6, 6.07) is 33.8. The molecule has 2 unspecified atom stereocenters. The van der Waals surface area contributed by atoms with Crippen LogP contribution in [-0.2, 0) is 27.1 Å². The lowest BCUT2D eigenvalue weighted by Crippen LogP contribution is -2.50. The van der Waals surface area contributed by atoms with Gasteiger partial charge >= 0.3 is 13.7 Å². The molecule has 0 bridgehead atoms. The smallest absolute Gasteiger partial charge is 0.445 e. The molecule has 43 heavy (non-hydrogen) atoms. The highest BCUT2D eigenvalue weighted by atomic mass is 31.2. The standard InChI is InChI=1S/C34H33N2O6P/c37-33(32-30-20-11-10-15-27(30)22-24-36(32)34(38)40-25-26-13-4-1-5-14-26)35-23-12-21-31(35)43(39,41-28-16-6-2-7-17-28)42-29-18-8-3-9-19-29/h1-11,13-20,31-32H,12,21-25H2. The van der Waals surface area contributed by atoms with Gasteiger partial charge in [0.15, 0.2) is 5.78 Å². The molecule has 2 heterocycles. The third kappa shape index (κ3) is 6.30. The van der Waals surface area contributed by atoms with Gasteiger partial charge in [-0.15, -0.1) is 0 Å². The van der Waals surface area contributed by atoms with Crippen LogP contribution in [0.1, 0.15) is 35.6 Å². The number of amides is 2. The summed E-state index contributed by atoms with van der Waals surface area (Å²) in [5.74, 6) is -0.415. The molecule has 4 aromatic rings. The summed E-state index contributed by atoms with van der Waals surface area (Å²) >= 11 is 0. The fourth-order valence-corrected chi connectivity index (χ4v) is 7.90. The SMILES string of the molecule is O=C(OCc1ccccc1)N1CCc2ccccc2C1C(=O)N1CCCC1P(=O)(Oc1ccccc1)Oc1ccccc1. The van der Waals surface area contributed by atoms with Gasteiger partial charge in [-0.1, -0.05) is 91.0 Å². The van der Waals surface area contributed by atoms with Gasteiger partial charge in [0.1, 0.15) is 24.1 Å². The van der Waals surface area contributed by atoms with Crippen molar-refractivity contribution in [2.45, 2.75) is 37.7 Å². The van der Waals surface area contributed by atoms with E-state index in [0.29, 0.717) is 43.9 Å². The van der Waals surface area contributed by atoms with E-state index in [9.17, 15) is 14.2 Å². The highest BCUT2D eigenvalue weighted by Gasteiger charge is 2.50. The van der Waals surface area contributed by atoms with E-state index in [1.165, 1.54) is 4.90 Å². The Labute approximate surface area is 251 Å². The first-order valence-corrected chi connectivity index (χ1v) is 16.1. The number of benzene rings is 4. The molecule has 0 saturated carbocycles. The summed E-state index contributed by atoms with van der Waals surface area (Å²) in [7, 11) is -3.98. The van der Waals surface area contributed by atoms with Crippen molar-refractivity contribution in [3.8, 4) is 11.5 Å². The molecule has 0 aromatic heterocycles. The number of ether oxygens (including phenoxy) is 1. The van der Waals surface area contributed by atoms with Crippen molar-refractivity contribution in [3.63, 3.8) is 0 Å². The molecule has 2 aliphatic rings. The molecule has 0 N–H and O–H groups in total. The Morgan fingerprint density at radius 1 is 0.721 bits per heavy atom. The van der Waals surface area contributed by atoms with Gasteiger partial charge in [-0.05, 0) is 60.2 Å². The molecule has 8 nitrogen and oxygen atoms in total. The van der Waals surface area contributed by atoms with Crippen molar-refractivity contribution in [1.82, 2.24) is 9.80 Å². The summed E-state index contributed by atoms with van der Waals surface area (Å²) in [4.78, 5) is 31.1.